The van der Waals surface area contributed by atoms with Crippen LogP contribution in [0.1, 0.15) is 6.92 Å². The highest BCUT2D eigenvalue weighted by Crippen LogP contribution is 2.26. The predicted octanol–water partition coefficient (Wildman–Crippen LogP) is 1.88. The smallest absolute Gasteiger partial charge is 0.316 e. The third-order valence-electron chi connectivity index (χ3n) is 5.29. The number of amides is 4. The molecule has 0 bridgehead atoms. The Morgan fingerprint density at radius 1 is 0.721 bits per heavy atom. The second-order valence-corrected chi connectivity index (χ2v) is 8.76. The van der Waals surface area contributed by atoms with Crippen LogP contribution in [-0.4, -0.2) is 54.6 Å². The molecule has 2 heterocycles. The summed E-state index contributed by atoms with van der Waals surface area (Å²) in [6.07, 6.45) is -2.14. The van der Waals surface area contributed by atoms with Gasteiger partial charge in [-0.2, -0.15) is 38.7 Å². The molecule has 4 amide bonds. The average molecular weight is 597 g/mol. The summed E-state index contributed by atoms with van der Waals surface area (Å²) < 4.78 is 28.3. The fourth-order valence-corrected chi connectivity index (χ4v) is 3.48. The molecular formula is C23H26F2N16O2. The highest BCUT2D eigenvalue weighted by molar-refractivity contribution is 5.93. The SMILES string of the molecule is CC(CNc1nc(F)nc(Nc2ccc(N)c(NC(N)=O)c2)n1)Nc1nc(F)nc(Nc2ccc(N)c(NC(N)=O)c2)n1. The Labute approximate surface area is 241 Å². The number of nitrogen functional groups attached to an aromatic ring is 2. The van der Waals surface area contributed by atoms with Gasteiger partial charge in [0.15, 0.2) is 0 Å². The van der Waals surface area contributed by atoms with E-state index in [1.807, 2.05) is 0 Å². The fourth-order valence-electron chi connectivity index (χ4n) is 3.48. The van der Waals surface area contributed by atoms with Crippen LogP contribution in [0.25, 0.3) is 0 Å². The van der Waals surface area contributed by atoms with Gasteiger partial charge in [-0.25, -0.2) is 9.59 Å². The molecule has 0 radical (unpaired) electrons. The monoisotopic (exact) mass is 596 g/mol. The van der Waals surface area contributed by atoms with E-state index < -0.39 is 30.3 Å². The lowest BCUT2D eigenvalue weighted by Gasteiger charge is -2.16. The van der Waals surface area contributed by atoms with Crippen molar-refractivity contribution in [3.63, 3.8) is 0 Å². The number of primary amides is 2. The van der Waals surface area contributed by atoms with Gasteiger partial charge in [0.2, 0.25) is 23.8 Å². The molecule has 0 spiro atoms. The number of hydrogen-bond acceptors (Lipinski definition) is 14. The van der Waals surface area contributed by atoms with Crippen LogP contribution in [0.4, 0.5) is 76.3 Å². The zero-order valence-corrected chi connectivity index (χ0v) is 22.3. The molecule has 224 valence electrons. The largest absolute Gasteiger partial charge is 0.397 e. The molecule has 0 aliphatic rings. The van der Waals surface area contributed by atoms with Crippen LogP contribution in [-0.2, 0) is 0 Å². The number of carbonyl (C=O) groups is 2. The van der Waals surface area contributed by atoms with Crippen molar-refractivity contribution in [3.8, 4) is 0 Å². The third kappa shape index (κ3) is 8.57. The van der Waals surface area contributed by atoms with Gasteiger partial charge >= 0.3 is 24.2 Å². The van der Waals surface area contributed by atoms with Gasteiger partial charge in [0.1, 0.15) is 0 Å². The Kier molecular flexibility index (Phi) is 8.88. The number of aromatic nitrogens is 6. The summed E-state index contributed by atoms with van der Waals surface area (Å²) in [6.45, 7) is 1.83. The summed E-state index contributed by atoms with van der Waals surface area (Å²) in [5.41, 5.74) is 23.6. The second-order valence-electron chi connectivity index (χ2n) is 8.76. The summed E-state index contributed by atoms with van der Waals surface area (Å²) in [7, 11) is 0. The molecule has 18 nitrogen and oxygen atoms in total. The predicted molar refractivity (Wildman–Crippen MR) is 156 cm³/mol. The molecule has 2 aromatic heterocycles. The van der Waals surface area contributed by atoms with E-state index in [0.29, 0.717) is 11.4 Å². The number of carbonyl (C=O) groups excluding carboxylic acids is 2. The maximum Gasteiger partial charge on any atom is 0.316 e. The molecule has 0 aliphatic heterocycles. The number of anilines is 10. The molecule has 1 unspecified atom stereocenters. The Bertz CT molecular complexity index is 1660. The van der Waals surface area contributed by atoms with Crippen molar-refractivity contribution in [1.29, 1.82) is 0 Å². The maximum absolute atomic E-state index is 14.2. The second kappa shape index (κ2) is 12.9. The van der Waals surface area contributed by atoms with E-state index in [1.54, 1.807) is 19.1 Å². The molecule has 14 N–H and O–H groups in total. The molecule has 2 aromatic carbocycles. The normalized spacial score (nSPS) is 11.2. The Balaban J connectivity index is 1.39. The third-order valence-corrected chi connectivity index (χ3v) is 5.29. The molecule has 0 saturated carbocycles. The van der Waals surface area contributed by atoms with Crippen LogP contribution in [0.5, 0.6) is 0 Å². The Morgan fingerprint density at radius 3 is 1.65 bits per heavy atom. The van der Waals surface area contributed by atoms with Crippen LogP contribution in [0.2, 0.25) is 0 Å². The van der Waals surface area contributed by atoms with Crippen LogP contribution in [0.3, 0.4) is 0 Å². The summed E-state index contributed by atoms with van der Waals surface area (Å²) in [4.78, 5) is 45.1. The minimum absolute atomic E-state index is 0.108. The molecule has 20 heteroatoms. The van der Waals surface area contributed by atoms with Crippen molar-refractivity contribution in [2.24, 2.45) is 11.5 Å². The van der Waals surface area contributed by atoms with Crippen molar-refractivity contribution >= 4 is 70.0 Å². The number of rotatable bonds is 11. The fraction of sp³-hybridized carbons (Fsp3) is 0.130. The number of hydrogen-bond donors (Lipinski definition) is 10. The summed E-state index contributed by atoms with van der Waals surface area (Å²) in [5.74, 6) is -0.500. The molecule has 0 aliphatic carbocycles. The van der Waals surface area contributed by atoms with Gasteiger partial charge in [0.25, 0.3) is 0 Å². The first-order valence-electron chi connectivity index (χ1n) is 12.2. The van der Waals surface area contributed by atoms with E-state index >= 15 is 0 Å². The quantitative estimate of drug-likeness (QED) is 0.111. The van der Waals surface area contributed by atoms with Crippen molar-refractivity contribution in [1.82, 2.24) is 29.9 Å². The van der Waals surface area contributed by atoms with E-state index in [4.69, 9.17) is 22.9 Å². The van der Waals surface area contributed by atoms with Crippen molar-refractivity contribution in [3.05, 3.63) is 48.6 Å². The first kappa shape index (κ1) is 29.6. The van der Waals surface area contributed by atoms with Gasteiger partial charge in [-0.15, -0.1) is 0 Å². The zero-order valence-electron chi connectivity index (χ0n) is 22.3. The number of halogens is 2. The average Bonchev–Trinajstić information content (AvgIpc) is 2.90. The topological polar surface area (TPSA) is 288 Å². The van der Waals surface area contributed by atoms with E-state index in [0.717, 1.165) is 0 Å². The van der Waals surface area contributed by atoms with Crippen LogP contribution in [0, 0.1) is 12.2 Å². The Hall–Kier alpha value is -6.34. The van der Waals surface area contributed by atoms with E-state index in [-0.39, 0.29) is 53.1 Å². The highest BCUT2D eigenvalue weighted by Gasteiger charge is 2.13. The van der Waals surface area contributed by atoms with E-state index in [9.17, 15) is 18.4 Å². The number of urea groups is 2. The number of benzene rings is 2. The van der Waals surface area contributed by atoms with Gasteiger partial charge < -0.3 is 54.8 Å². The number of nitrogens with zero attached hydrogens (tertiary/aromatic N) is 6. The molecule has 4 aromatic rings. The zero-order chi connectivity index (χ0) is 31.1. The van der Waals surface area contributed by atoms with Crippen LogP contribution in [0.15, 0.2) is 36.4 Å². The lowest BCUT2D eigenvalue weighted by atomic mass is 10.2. The first-order valence-corrected chi connectivity index (χ1v) is 12.2. The summed E-state index contributed by atoms with van der Waals surface area (Å²) >= 11 is 0. The van der Waals surface area contributed by atoms with Crippen LogP contribution < -0.4 is 54.8 Å². The molecular weight excluding hydrogens is 570 g/mol. The maximum atomic E-state index is 14.2. The first-order chi connectivity index (χ1) is 20.4. The molecule has 0 saturated heterocycles. The number of nitrogens with one attached hydrogen (secondary N) is 6. The summed E-state index contributed by atoms with van der Waals surface area (Å²) in [5, 5.41) is 16.0. The van der Waals surface area contributed by atoms with Gasteiger partial charge in [-0.3, -0.25) is 0 Å². The van der Waals surface area contributed by atoms with Crippen molar-refractivity contribution < 1.29 is 18.4 Å². The van der Waals surface area contributed by atoms with Crippen LogP contribution >= 0.6 is 0 Å². The van der Waals surface area contributed by atoms with Gasteiger partial charge in [0, 0.05) is 24.0 Å². The Morgan fingerprint density at radius 2 is 1.16 bits per heavy atom. The minimum atomic E-state index is -1.07. The van der Waals surface area contributed by atoms with Crippen molar-refractivity contribution in [2.45, 2.75) is 13.0 Å². The lowest BCUT2D eigenvalue weighted by molar-refractivity contribution is 0.258. The molecule has 1 atom stereocenters. The van der Waals surface area contributed by atoms with Gasteiger partial charge in [-0.1, -0.05) is 0 Å². The molecule has 4 rings (SSSR count). The highest BCUT2D eigenvalue weighted by atomic mass is 19.1. The van der Waals surface area contributed by atoms with Crippen molar-refractivity contribution in [2.75, 3.05) is 49.9 Å². The summed E-state index contributed by atoms with van der Waals surface area (Å²) in [6, 6.07) is 6.96. The van der Waals surface area contributed by atoms with E-state index in [2.05, 4.69) is 61.8 Å². The van der Waals surface area contributed by atoms with Gasteiger partial charge in [-0.05, 0) is 43.3 Å². The van der Waals surface area contributed by atoms with E-state index in [1.165, 1.54) is 24.3 Å². The standard InChI is InChI=1S/C23H26F2N16O2/c1-9(31-21-37-17(25)39-23(41-21)33-11-3-5-13(27)15(7-11)35-19(29)43)8-30-20-36-16(24)38-22(40-20)32-10-2-4-12(26)14(6-10)34-18(28)42/h2-7,9H,8,26-27H2,1H3,(H3,28,34,42)(H3,29,35,43)(H2,30,32,36,38,40)(H2,31,33,37,39,41). The minimum Gasteiger partial charge on any atom is -0.397 e. The lowest BCUT2D eigenvalue weighted by Crippen LogP contribution is -2.27. The number of nitrogens with two attached hydrogens (primary N) is 4. The van der Waals surface area contributed by atoms with Gasteiger partial charge in [0.05, 0.1) is 22.7 Å². The molecule has 0 fully saturated rings. The molecule has 43 heavy (non-hydrogen) atoms.